The first kappa shape index (κ1) is 12.9. The highest BCUT2D eigenvalue weighted by molar-refractivity contribution is 5.75. The number of nitrogen functional groups attached to an aromatic ring is 1. The minimum absolute atomic E-state index is 0.0987. The van der Waals surface area contributed by atoms with Crippen LogP contribution in [0.5, 0.6) is 5.75 Å². The molecular formula is C12H13N3O4. The van der Waals surface area contributed by atoms with Crippen LogP contribution in [0, 0.1) is 17.0 Å². The Morgan fingerprint density at radius 2 is 2.21 bits per heavy atom. The maximum atomic E-state index is 11.1. The van der Waals surface area contributed by atoms with Gasteiger partial charge in [0.2, 0.25) is 11.6 Å². The van der Waals surface area contributed by atoms with E-state index in [2.05, 4.69) is 5.16 Å². The lowest BCUT2D eigenvalue weighted by Gasteiger charge is -2.09. The van der Waals surface area contributed by atoms with Crippen molar-refractivity contribution >= 4 is 11.6 Å². The molecule has 0 aliphatic heterocycles. The van der Waals surface area contributed by atoms with Gasteiger partial charge in [-0.05, 0) is 25.5 Å². The van der Waals surface area contributed by atoms with E-state index >= 15 is 0 Å². The molecule has 0 spiro atoms. The van der Waals surface area contributed by atoms with Crippen LogP contribution in [0.25, 0.3) is 11.3 Å². The van der Waals surface area contributed by atoms with E-state index in [1.54, 1.807) is 19.9 Å². The van der Waals surface area contributed by atoms with Crippen molar-refractivity contribution in [1.29, 1.82) is 0 Å². The van der Waals surface area contributed by atoms with E-state index in [1.165, 1.54) is 12.1 Å². The summed E-state index contributed by atoms with van der Waals surface area (Å²) in [5.74, 6) is 0.313. The SMILES string of the molecule is CCOc1c(-c2cc(N)on2)cc(C)cc1[N+](=O)[O-]. The third kappa shape index (κ3) is 2.49. The number of ether oxygens (including phenoxy) is 1. The maximum Gasteiger partial charge on any atom is 0.311 e. The van der Waals surface area contributed by atoms with E-state index < -0.39 is 4.92 Å². The molecule has 2 aromatic rings. The maximum absolute atomic E-state index is 11.1. The highest BCUT2D eigenvalue weighted by Gasteiger charge is 2.23. The summed E-state index contributed by atoms with van der Waals surface area (Å²) in [7, 11) is 0. The lowest BCUT2D eigenvalue weighted by molar-refractivity contribution is -0.385. The van der Waals surface area contributed by atoms with Gasteiger partial charge in [-0.3, -0.25) is 10.1 Å². The van der Waals surface area contributed by atoms with Crippen molar-refractivity contribution in [2.24, 2.45) is 0 Å². The van der Waals surface area contributed by atoms with E-state index in [0.29, 0.717) is 17.9 Å². The predicted molar refractivity (Wildman–Crippen MR) is 68.9 cm³/mol. The first-order valence-electron chi connectivity index (χ1n) is 5.67. The Hall–Kier alpha value is -2.57. The second kappa shape index (κ2) is 4.97. The van der Waals surface area contributed by atoms with Crippen LogP contribution in [0.2, 0.25) is 0 Å². The third-order valence-electron chi connectivity index (χ3n) is 2.50. The van der Waals surface area contributed by atoms with Crippen LogP contribution in [0.15, 0.2) is 22.7 Å². The van der Waals surface area contributed by atoms with Crippen LogP contribution in [-0.2, 0) is 0 Å². The Bertz CT molecular complexity index is 621. The van der Waals surface area contributed by atoms with Gasteiger partial charge in [0.15, 0.2) is 0 Å². The van der Waals surface area contributed by atoms with Crippen LogP contribution in [0.1, 0.15) is 12.5 Å². The van der Waals surface area contributed by atoms with Crippen molar-refractivity contribution in [3.8, 4) is 17.0 Å². The second-order valence-electron chi connectivity index (χ2n) is 3.97. The van der Waals surface area contributed by atoms with E-state index in [1.807, 2.05) is 0 Å². The lowest BCUT2D eigenvalue weighted by atomic mass is 10.1. The smallest absolute Gasteiger partial charge is 0.311 e. The molecule has 0 radical (unpaired) electrons. The summed E-state index contributed by atoms with van der Waals surface area (Å²) < 4.78 is 10.2. The lowest BCUT2D eigenvalue weighted by Crippen LogP contribution is -2.00. The van der Waals surface area contributed by atoms with Crippen molar-refractivity contribution in [2.75, 3.05) is 12.3 Å². The van der Waals surface area contributed by atoms with Gasteiger partial charge in [-0.15, -0.1) is 0 Å². The molecule has 7 nitrogen and oxygen atoms in total. The van der Waals surface area contributed by atoms with Crippen LogP contribution < -0.4 is 10.5 Å². The third-order valence-corrected chi connectivity index (χ3v) is 2.50. The first-order chi connectivity index (χ1) is 9.02. The molecular weight excluding hydrogens is 250 g/mol. The molecule has 0 unspecified atom stereocenters. The van der Waals surface area contributed by atoms with Crippen LogP contribution >= 0.6 is 0 Å². The zero-order chi connectivity index (χ0) is 14.0. The number of nitro benzene ring substituents is 1. The van der Waals surface area contributed by atoms with Crippen LogP contribution in [-0.4, -0.2) is 16.7 Å². The number of rotatable bonds is 4. The van der Waals surface area contributed by atoms with E-state index in [9.17, 15) is 10.1 Å². The van der Waals surface area contributed by atoms with E-state index in [-0.39, 0.29) is 17.3 Å². The second-order valence-corrected chi connectivity index (χ2v) is 3.97. The number of nitrogens with zero attached hydrogens (tertiary/aromatic N) is 2. The number of anilines is 1. The fourth-order valence-electron chi connectivity index (χ4n) is 1.79. The van der Waals surface area contributed by atoms with Gasteiger partial charge in [0.25, 0.3) is 0 Å². The summed E-state index contributed by atoms with van der Waals surface area (Å²) in [6, 6.07) is 4.70. The standard InChI is InChI=1S/C12H13N3O4/c1-3-18-12-8(9-6-11(13)19-14-9)4-7(2)5-10(12)15(16)17/h4-6H,3,13H2,1-2H3. The minimum atomic E-state index is -0.481. The highest BCUT2D eigenvalue weighted by atomic mass is 16.6. The van der Waals surface area contributed by atoms with Crippen molar-refractivity contribution < 1.29 is 14.2 Å². The average molecular weight is 263 g/mol. The Balaban J connectivity index is 2.67. The molecule has 7 heteroatoms. The summed E-state index contributed by atoms with van der Waals surface area (Å²) in [5, 5.41) is 14.9. The van der Waals surface area contributed by atoms with Crippen molar-refractivity contribution in [2.45, 2.75) is 13.8 Å². The molecule has 0 aliphatic rings. The number of aromatic nitrogens is 1. The van der Waals surface area contributed by atoms with Crippen LogP contribution in [0.4, 0.5) is 11.6 Å². The number of hydrogen-bond acceptors (Lipinski definition) is 6. The van der Waals surface area contributed by atoms with Gasteiger partial charge in [-0.25, -0.2) is 0 Å². The molecule has 0 atom stereocenters. The molecule has 19 heavy (non-hydrogen) atoms. The monoisotopic (exact) mass is 263 g/mol. The Labute approximate surface area is 109 Å². The molecule has 2 rings (SSSR count). The van der Waals surface area contributed by atoms with Crippen molar-refractivity contribution in [1.82, 2.24) is 5.16 Å². The first-order valence-corrected chi connectivity index (χ1v) is 5.67. The Morgan fingerprint density at radius 3 is 2.74 bits per heavy atom. The average Bonchev–Trinajstić information content (AvgIpc) is 2.77. The predicted octanol–water partition coefficient (Wildman–Crippen LogP) is 2.54. The molecule has 0 amide bonds. The van der Waals surface area contributed by atoms with E-state index in [4.69, 9.17) is 15.0 Å². The van der Waals surface area contributed by atoms with Gasteiger partial charge in [0.05, 0.1) is 17.1 Å². The van der Waals surface area contributed by atoms with Gasteiger partial charge in [0, 0.05) is 12.1 Å². The summed E-state index contributed by atoms with van der Waals surface area (Å²) in [4.78, 5) is 10.6. The number of hydrogen-bond donors (Lipinski definition) is 1. The molecule has 0 saturated carbocycles. The van der Waals surface area contributed by atoms with Crippen molar-refractivity contribution in [3.05, 3.63) is 33.9 Å². The number of aryl methyl sites for hydroxylation is 1. The zero-order valence-electron chi connectivity index (χ0n) is 10.5. The van der Waals surface area contributed by atoms with Crippen molar-refractivity contribution in [3.63, 3.8) is 0 Å². The number of nitrogens with two attached hydrogens (primary N) is 1. The Kier molecular flexibility index (Phi) is 3.37. The minimum Gasteiger partial charge on any atom is -0.487 e. The number of benzene rings is 1. The fraction of sp³-hybridized carbons (Fsp3) is 0.250. The number of nitro groups is 1. The molecule has 1 aromatic heterocycles. The fourth-order valence-corrected chi connectivity index (χ4v) is 1.79. The quantitative estimate of drug-likeness (QED) is 0.671. The largest absolute Gasteiger partial charge is 0.487 e. The Morgan fingerprint density at radius 1 is 1.47 bits per heavy atom. The highest BCUT2D eigenvalue weighted by Crippen LogP contribution is 2.39. The summed E-state index contributed by atoms with van der Waals surface area (Å²) in [6.45, 7) is 3.82. The molecule has 2 N–H and O–H groups in total. The van der Waals surface area contributed by atoms with Gasteiger partial charge >= 0.3 is 5.69 Å². The molecule has 100 valence electrons. The molecule has 0 aliphatic carbocycles. The van der Waals surface area contributed by atoms with Gasteiger partial charge in [-0.2, -0.15) is 0 Å². The zero-order valence-corrected chi connectivity index (χ0v) is 10.5. The summed E-state index contributed by atoms with van der Waals surface area (Å²) in [6.07, 6.45) is 0. The summed E-state index contributed by atoms with van der Waals surface area (Å²) in [5.41, 5.74) is 7.01. The molecule has 0 fully saturated rings. The van der Waals surface area contributed by atoms with Gasteiger partial charge in [0.1, 0.15) is 5.69 Å². The van der Waals surface area contributed by atoms with E-state index in [0.717, 1.165) is 5.56 Å². The van der Waals surface area contributed by atoms with Crippen LogP contribution in [0.3, 0.4) is 0 Å². The van der Waals surface area contributed by atoms with Gasteiger partial charge < -0.3 is 15.0 Å². The topological polar surface area (TPSA) is 104 Å². The summed E-state index contributed by atoms with van der Waals surface area (Å²) >= 11 is 0. The molecule has 1 aromatic carbocycles. The molecule has 0 bridgehead atoms. The molecule has 0 saturated heterocycles. The van der Waals surface area contributed by atoms with Gasteiger partial charge in [-0.1, -0.05) is 5.16 Å². The normalized spacial score (nSPS) is 10.4. The molecule has 1 heterocycles.